The van der Waals surface area contributed by atoms with E-state index >= 15 is 0 Å². The fraction of sp³-hybridized carbons (Fsp3) is 0.412. The Morgan fingerprint density at radius 2 is 1.70 bits per heavy atom. The van der Waals surface area contributed by atoms with Crippen LogP contribution in [-0.4, -0.2) is 46.4 Å². The minimum Gasteiger partial charge on any atom is -0.419 e. The summed E-state index contributed by atoms with van der Waals surface area (Å²) < 4.78 is 41.6. The lowest BCUT2D eigenvalue weighted by Gasteiger charge is -2.29. The second kappa shape index (κ2) is 8.51. The van der Waals surface area contributed by atoms with E-state index in [0.717, 1.165) is 6.20 Å². The highest BCUT2D eigenvalue weighted by atomic mass is 32.2. The van der Waals surface area contributed by atoms with E-state index in [1.165, 1.54) is 38.1 Å². The molecule has 0 atom stereocenters. The van der Waals surface area contributed by atoms with Crippen molar-refractivity contribution >= 4 is 27.6 Å². The fourth-order valence-corrected chi connectivity index (χ4v) is 3.24. The van der Waals surface area contributed by atoms with Gasteiger partial charge in [-0.15, -0.1) is 0 Å². The van der Waals surface area contributed by atoms with Gasteiger partial charge in [-0.1, -0.05) is 0 Å². The average Bonchev–Trinajstić information content (AvgIpc) is 2.57. The smallest absolute Gasteiger partial charge is 0.350 e. The van der Waals surface area contributed by atoms with Crippen LogP contribution >= 0.6 is 0 Å². The molecule has 1 aromatic carbocycles. The Labute approximate surface area is 157 Å². The Balaban J connectivity index is 2.01. The molecule has 0 aliphatic carbocycles. The maximum atomic E-state index is 12.2. The molecule has 0 spiro atoms. The minimum atomic E-state index is -3.62. The molecular formula is C17H22N2O7S. The first-order valence-electron chi connectivity index (χ1n) is 8.17. The van der Waals surface area contributed by atoms with Crippen LogP contribution in [0.3, 0.4) is 0 Å². The maximum absolute atomic E-state index is 12.2. The van der Waals surface area contributed by atoms with Crippen molar-refractivity contribution in [1.29, 1.82) is 0 Å². The van der Waals surface area contributed by atoms with Gasteiger partial charge in [0.05, 0.1) is 4.90 Å². The van der Waals surface area contributed by atoms with Crippen molar-refractivity contribution in [2.45, 2.75) is 31.0 Å². The van der Waals surface area contributed by atoms with E-state index in [-0.39, 0.29) is 17.0 Å². The van der Waals surface area contributed by atoms with E-state index in [2.05, 4.69) is 10.0 Å². The summed E-state index contributed by atoms with van der Waals surface area (Å²) in [5, 5.41) is 2.75. The monoisotopic (exact) mass is 398 g/mol. The highest BCUT2D eigenvalue weighted by Crippen LogP contribution is 2.23. The molecule has 1 saturated heterocycles. The van der Waals surface area contributed by atoms with Crippen LogP contribution in [0.2, 0.25) is 0 Å². The van der Waals surface area contributed by atoms with Gasteiger partial charge in [0.15, 0.2) is 5.57 Å². The summed E-state index contributed by atoms with van der Waals surface area (Å²) in [5.41, 5.74) is 0.192. The Kier molecular flexibility index (Phi) is 6.58. The first-order valence-corrected chi connectivity index (χ1v) is 9.65. The van der Waals surface area contributed by atoms with Gasteiger partial charge < -0.3 is 19.5 Å². The molecule has 2 rings (SSSR count). The molecule has 0 bridgehead atoms. The standard InChI is InChI=1S/C17H22N2O7S/c1-17(2)25-15(20)14(16(21)26-17)11-18-12-5-7-13(8-6-12)27(22,23)19-9-4-10-24-3/h5-8,11,18-19H,4,9-10H2,1-3H3. The van der Waals surface area contributed by atoms with E-state index in [4.69, 9.17) is 14.2 Å². The van der Waals surface area contributed by atoms with E-state index < -0.39 is 27.7 Å². The second-order valence-electron chi connectivity index (χ2n) is 6.15. The Bertz CT molecular complexity index is 807. The molecule has 1 aliphatic heterocycles. The zero-order valence-corrected chi connectivity index (χ0v) is 16.1. The van der Waals surface area contributed by atoms with Gasteiger partial charge in [0.2, 0.25) is 10.0 Å². The molecule has 10 heteroatoms. The van der Waals surface area contributed by atoms with Crippen molar-refractivity contribution < 1.29 is 32.2 Å². The highest BCUT2D eigenvalue weighted by molar-refractivity contribution is 7.89. The molecule has 2 N–H and O–H groups in total. The van der Waals surface area contributed by atoms with Crippen molar-refractivity contribution in [2.24, 2.45) is 0 Å². The number of hydrogen-bond donors (Lipinski definition) is 2. The first kappa shape index (κ1) is 20.9. The molecule has 1 aromatic rings. The van der Waals surface area contributed by atoms with Crippen molar-refractivity contribution in [1.82, 2.24) is 4.72 Å². The lowest BCUT2D eigenvalue weighted by atomic mass is 10.2. The summed E-state index contributed by atoms with van der Waals surface area (Å²) in [7, 11) is -2.08. The molecule has 0 aromatic heterocycles. The van der Waals surface area contributed by atoms with Gasteiger partial charge in [-0.25, -0.2) is 22.7 Å². The number of methoxy groups -OCH3 is 1. The molecule has 0 radical (unpaired) electrons. The highest BCUT2D eigenvalue weighted by Gasteiger charge is 2.38. The van der Waals surface area contributed by atoms with Crippen molar-refractivity contribution in [3.63, 3.8) is 0 Å². The number of cyclic esters (lactones) is 2. The van der Waals surface area contributed by atoms with Gasteiger partial charge in [0.25, 0.3) is 5.79 Å². The molecule has 148 valence electrons. The molecule has 1 heterocycles. The Morgan fingerprint density at radius 1 is 1.11 bits per heavy atom. The molecule has 1 aliphatic rings. The van der Waals surface area contributed by atoms with Gasteiger partial charge in [-0.05, 0) is 30.7 Å². The largest absolute Gasteiger partial charge is 0.419 e. The molecule has 0 unspecified atom stereocenters. The number of ether oxygens (including phenoxy) is 3. The van der Waals surface area contributed by atoms with Crippen LogP contribution in [0.5, 0.6) is 0 Å². The molecule has 0 saturated carbocycles. The third-order valence-electron chi connectivity index (χ3n) is 3.48. The first-order chi connectivity index (χ1) is 12.6. The van der Waals surface area contributed by atoms with Crippen LogP contribution in [0.1, 0.15) is 20.3 Å². The van der Waals surface area contributed by atoms with Gasteiger partial charge in [0.1, 0.15) is 0 Å². The summed E-state index contributed by atoms with van der Waals surface area (Å²) >= 11 is 0. The number of carbonyl (C=O) groups is 2. The lowest BCUT2D eigenvalue weighted by Crippen LogP contribution is -2.42. The Morgan fingerprint density at radius 3 is 2.26 bits per heavy atom. The number of esters is 2. The number of benzene rings is 1. The molecule has 9 nitrogen and oxygen atoms in total. The number of hydrogen-bond acceptors (Lipinski definition) is 8. The second-order valence-corrected chi connectivity index (χ2v) is 7.92. The zero-order chi connectivity index (χ0) is 20.1. The summed E-state index contributed by atoms with van der Waals surface area (Å²) in [6.45, 7) is 3.63. The quantitative estimate of drug-likeness (QED) is 0.289. The normalized spacial score (nSPS) is 16.5. The SMILES string of the molecule is COCCCNS(=O)(=O)c1ccc(NC=C2C(=O)OC(C)(C)OC2=O)cc1. The number of anilines is 1. The topological polar surface area (TPSA) is 120 Å². The van der Waals surface area contributed by atoms with E-state index in [0.29, 0.717) is 18.7 Å². The summed E-state index contributed by atoms with van der Waals surface area (Å²) in [6, 6.07) is 5.81. The maximum Gasteiger partial charge on any atom is 0.350 e. The van der Waals surface area contributed by atoms with Crippen LogP contribution < -0.4 is 10.0 Å². The Hall–Kier alpha value is -2.43. The molecule has 0 amide bonds. The van der Waals surface area contributed by atoms with Gasteiger partial charge in [0, 0.05) is 46.0 Å². The minimum absolute atomic E-state index is 0.0938. The zero-order valence-electron chi connectivity index (χ0n) is 15.3. The van der Waals surface area contributed by atoms with Gasteiger partial charge in [-0.3, -0.25) is 0 Å². The fourth-order valence-electron chi connectivity index (χ4n) is 2.17. The van der Waals surface area contributed by atoms with Crippen LogP contribution in [-0.2, 0) is 33.8 Å². The van der Waals surface area contributed by atoms with Crippen molar-refractivity contribution in [3.05, 3.63) is 36.0 Å². The summed E-state index contributed by atoms with van der Waals surface area (Å²) in [6.07, 6.45) is 1.72. The summed E-state index contributed by atoms with van der Waals surface area (Å²) in [4.78, 5) is 23.8. The van der Waals surface area contributed by atoms with Crippen LogP contribution in [0.25, 0.3) is 0 Å². The van der Waals surface area contributed by atoms with Gasteiger partial charge >= 0.3 is 11.9 Å². The average molecular weight is 398 g/mol. The summed E-state index contributed by atoms with van der Waals surface area (Å²) in [5.74, 6) is -2.91. The van der Waals surface area contributed by atoms with Crippen molar-refractivity contribution in [3.8, 4) is 0 Å². The molecule has 27 heavy (non-hydrogen) atoms. The lowest BCUT2D eigenvalue weighted by molar-refractivity contribution is -0.222. The van der Waals surface area contributed by atoms with Gasteiger partial charge in [-0.2, -0.15) is 0 Å². The van der Waals surface area contributed by atoms with Crippen LogP contribution in [0.4, 0.5) is 5.69 Å². The van der Waals surface area contributed by atoms with E-state index in [9.17, 15) is 18.0 Å². The number of nitrogens with one attached hydrogen (secondary N) is 2. The van der Waals surface area contributed by atoms with E-state index in [1.54, 1.807) is 7.11 Å². The predicted molar refractivity (Wildman–Crippen MR) is 96.1 cm³/mol. The van der Waals surface area contributed by atoms with Crippen LogP contribution in [0.15, 0.2) is 40.9 Å². The van der Waals surface area contributed by atoms with Crippen molar-refractivity contribution in [2.75, 3.05) is 25.6 Å². The number of rotatable bonds is 8. The third kappa shape index (κ3) is 5.78. The molecule has 1 fully saturated rings. The molecular weight excluding hydrogens is 376 g/mol. The number of carbonyl (C=O) groups excluding carboxylic acids is 2. The predicted octanol–water partition coefficient (Wildman–Crippen LogP) is 1.13. The third-order valence-corrected chi connectivity index (χ3v) is 4.96. The number of sulfonamides is 1. The van der Waals surface area contributed by atoms with E-state index in [1.807, 2.05) is 0 Å². The van der Waals surface area contributed by atoms with Crippen LogP contribution in [0, 0.1) is 0 Å².